The second-order valence-corrected chi connectivity index (χ2v) is 7.83. The molecule has 1 heterocycles. The van der Waals surface area contributed by atoms with Crippen LogP contribution in [0.1, 0.15) is 16.7 Å². The molecule has 0 atom stereocenters. The Bertz CT molecular complexity index is 1290. The summed E-state index contributed by atoms with van der Waals surface area (Å²) >= 11 is 12.0. The quantitative estimate of drug-likeness (QED) is 0.348. The van der Waals surface area contributed by atoms with Crippen molar-refractivity contribution in [2.75, 3.05) is 5.32 Å². The Kier molecular flexibility index (Phi) is 5.62. The van der Waals surface area contributed by atoms with E-state index in [1.54, 1.807) is 42.5 Å². The Morgan fingerprint density at radius 2 is 1.83 bits per heavy atom. The lowest BCUT2D eigenvalue weighted by atomic mass is 10.1. The summed E-state index contributed by atoms with van der Waals surface area (Å²) in [6, 6.07) is 16.5. The van der Waals surface area contributed by atoms with Crippen LogP contribution in [-0.2, 0) is 4.79 Å². The third kappa shape index (κ3) is 4.40. The molecule has 1 aromatic heterocycles. The number of nitrogens with one attached hydrogen (secondary N) is 1. The average molecular weight is 437 g/mol. The number of amides is 1. The molecule has 1 amide bonds. The monoisotopic (exact) mass is 436 g/mol. The number of halogens is 2. The zero-order chi connectivity index (χ0) is 21.3. The number of aryl methyl sites for hydroxylation is 2. The number of nitrogens with zero attached hydrogens (tertiary/aromatic N) is 1. The lowest BCUT2D eigenvalue weighted by Crippen LogP contribution is -2.07. The first-order valence-corrected chi connectivity index (χ1v) is 10.1. The molecule has 30 heavy (non-hydrogen) atoms. The van der Waals surface area contributed by atoms with E-state index >= 15 is 0 Å². The fourth-order valence-corrected chi connectivity index (χ4v) is 3.46. The summed E-state index contributed by atoms with van der Waals surface area (Å²) < 4.78 is 5.87. The van der Waals surface area contributed by atoms with Crippen LogP contribution in [0.2, 0.25) is 10.0 Å². The molecule has 0 saturated carbocycles. The highest BCUT2D eigenvalue weighted by Gasteiger charge is 2.10. The summed E-state index contributed by atoms with van der Waals surface area (Å²) in [6.07, 6.45) is 3.06. The molecule has 4 aromatic rings. The molecule has 0 bridgehead atoms. The molecule has 4 rings (SSSR count). The highest BCUT2D eigenvalue weighted by atomic mass is 35.5. The zero-order valence-electron chi connectivity index (χ0n) is 16.4. The van der Waals surface area contributed by atoms with Crippen molar-refractivity contribution in [2.24, 2.45) is 0 Å². The largest absolute Gasteiger partial charge is 0.436 e. The van der Waals surface area contributed by atoms with Crippen molar-refractivity contribution in [2.45, 2.75) is 13.8 Å². The molecular formula is C24H18Cl2N2O2. The molecule has 1 N–H and O–H groups in total. The van der Waals surface area contributed by atoms with Crippen molar-refractivity contribution < 1.29 is 9.21 Å². The van der Waals surface area contributed by atoms with Gasteiger partial charge >= 0.3 is 0 Å². The standard InChI is InChI=1S/C24H18Cl2N2O2/c1-14-3-4-17(11-15(14)2)24-28-21-13-19(8-9-22(21)30-24)27-23(29)10-6-16-5-7-18(25)12-20(16)26/h3-13H,1-2H3,(H,27,29)/b10-6+. The van der Waals surface area contributed by atoms with Gasteiger partial charge in [0.1, 0.15) is 5.52 Å². The van der Waals surface area contributed by atoms with Crippen LogP contribution in [0.3, 0.4) is 0 Å². The number of hydrogen-bond acceptors (Lipinski definition) is 3. The van der Waals surface area contributed by atoms with E-state index in [9.17, 15) is 4.79 Å². The summed E-state index contributed by atoms with van der Waals surface area (Å²) in [7, 11) is 0. The molecule has 0 saturated heterocycles. The van der Waals surface area contributed by atoms with Crippen molar-refractivity contribution in [3.8, 4) is 11.5 Å². The highest BCUT2D eigenvalue weighted by Crippen LogP contribution is 2.27. The van der Waals surface area contributed by atoms with Crippen LogP contribution in [0, 0.1) is 13.8 Å². The second-order valence-electron chi connectivity index (χ2n) is 6.99. The third-order valence-electron chi connectivity index (χ3n) is 4.79. The zero-order valence-corrected chi connectivity index (χ0v) is 17.9. The number of aromatic nitrogens is 1. The SMILES string of the molecule is Cc1ccc(-c2nc3cc(NC(=O)/C=C/c4ccc(Cl)cc4Cl)ccc3o2)cc1C. The normalized spacial score (nSPS) is 11.3. The van der Waals surface area contributed by atoms with Crippen LogP contribution in [0.4, 0.5) is 5.69 Å². The lowest BCUT2D eigenvalue weighted by molar-refractivity contribution is -0.111. The van der Waals surface area contributed by atoms with E-state index in [2.05, 4.69) is 30.2 Å². The average Bonchev–Trinajstić information content (AvgIpc) is 3.13. The van der Waals surface area contributed by atoms with Gasteiger partial charge in [-0.2, -0.15) is 0 Å². The van der Waals surface area contributed by atoms with E-state index in [1.165, 1.54) is 17.2 Å². The first-order chi connectivity index (χ1) is 14.4. The number of rotatable bonds is 4. The maximum absolute atomic E-state index is 12.3. The molecule has 3 aromatic carbocycles. The van der Waals surface area contributed by atoms with Gasteiger partial charge in [0, 0.05) is 27.4 Å². The van der Waals surface area contributed by atoms with Crippen molar-refractivity contribution in [3.05, 3.63) is 87.4 Å². The van der Waals surface area contributed by atoms with Crippen molar-refractivity contribution in [1.29, 1.82) is 0 Å². The van der Waals surface area contributed by atoms with E-state index in [0.29, 0.717) is 38.3 Å². The maximum Gasteiger partial charge on any atom is 0.248 e. The van der Waals surface area contributed by atoms with Crippen LogP contribution in [0.15, 0.2) is 65.1 Å². The molecule has 0 fully saturated rings. The predicted octanol–water partition coefficient (Wildman–Crippen LogP) is 7.07. The van der Waals surface area contributed by atoms with E-state index in [4.69, 9.17) is 27.6 Å². The first-order valence-electron chi connectivity index (χ1n) is 9.31. The first kappa shape index (κ1) is 20.2. The Morgan fingerprint density at radius 3 is 2.60 bits per heavy atom. The fourth-order valence-electron chi connectivity index (χ4n) is 2.99. The number of benzene rings is 3. The molecule has 0 aliphatic heterocycles. The lowest BCUT2D eigenvalue weighted by Gasteiger charge is -2.02. The van der Waals surface area contributed by atoms with Gasteiger partial charge in [0.2, 0.25) is 11.8 Å². The summed E-state index contributed by atoms with van der Waals surface area (Å²) in [6.45, 7) is 4.12. The number of carbonyl (C=O) groups is 1. The van der Waals surface area contributed by atoms with Crippen molar-refractivity contribution in [1.82, 2.24) is 4.98 Å². The molecule has 150 valence electrons. The van der Waals surface area contributed by atoms with Gasteiger partial charge in [0.05, 0.1) is 0 Å². The van der Waals surface area contributed by atoms with Crippen LogP contribution < -0.4 is 5.32 Å². The minimum Gasteiger partial charge on any atom is -0.436 e. The van der Waals surface area contributed by atoms with Crippen molar-refractivity contribution in [3.63, 3.8) is 0 Å². The fraction of sp³-hybridized carbons (Fsp3) is 0.0833. The minimum atomic E-state index is -0.279. The minimum absolute atomic E-state index is 0.279. The Morgan fingerprint density at radius 1 is 1.00 bits per heavy atom. The molecule has 4 nitrogen and oxygen atoms in total. The van der Waals surface area contributed by atoms with Crippen LogP contribution >= 0.6 is 23.2 Å². The second kappa shape index (κ2) is 8.34. The van der Waals surface area contributed by atoms with Gasteiger partial charge in [0.25, 0.3) is 0 Å². The summed E-state index contributed by atoms with van der Waals surface area (Å²) in [5.74, 6) is 0.270. The molecule has 0 aliphatic carbocycles. The van der Waals surface area contributed by atoms with Crippen molar-refractivity contribution >= 4 is 52.0 Å². The number of carbonyl (C=O) groups excluding carboxylic acids is 1. The van der Waals surface area contributed by atoms with Gasteiger partial charge in [0.15, 0.2) is 5.58 Å². The molecule has 0 aliphatic rings. The molecular weight excluding hydrogens is 419 g/mol. The third-order valence-corrected chi connectivity index (χ3v) is 5.35. The summed E-state index contributed by atoms with van der Waals surface area (Å²) in [4.78, 5) is 16.9. The predicted molar refractivity (Wildman–Crippen MR) is 123 cm³/mol. The van der Waals surface area contributed by atoms with E-state index in [1.807, 2.05) is 12.1 Å². The Hall–Kier alpha value is -3.08. The topological polar surface area (TPSA) is 55.1 Å². The van der Waals surface area contributed by atoms with E-state index in [-0.39, 0.29) is 5.91 Å². The van der Waals surface area contributed by atoms with Crippen LogP contribution in [0.5, 0.6) is 0 Å². The smallest absolute Gasteiger partial charge is 0.248 e. The number of anilines is 1. The molecule has 0 radical (unpaired) electrons. The maximum atomic E-state index is 12.3. The summed E-state index contributed by atoms with van der Waals surface area (Å²) in [5.41, 5.74) is 5.97. The van der Waals surface area contributed by atoms with Gasteiger partial charge < -0.3 is 9.73 Å². The molecule has 6 heteroatoms. The van der Waals surface area contributed by atoms with Crippen LogP contribution in [0.25, 0.3) is 28.6 Å². The van der Waals surface area contributed by atoms with E-state index in [0.717, 1.165) is 5.56 Å². The van der Waals surface area contributed by atoms with Gasteiger partial charge in [-0.15, -0.1) is 0 Å². The Balaban J connectivity index is 1.52. The summed E-state index contributed by atoms with van der Waals surface area (Å²) in [5, 5.41) is 3.85. The molecule has 0 unspecified atom stereocenters. The van der Waals surface area contributed by atoms with E-state index < -0.39 is 0 Å². The number of oxazole rings is 1. The van der Waals surface area contributed by atoms with Gasteiger partial charge in [-0.3, -0.25) is 4.79 Å². The van der Waals surface area contributed by atoms with Crippen LogP contribution in [-0.4, -0.2) is 10.9 Å². The Labute approximate surface area is 184 Å². The van der Waals surface area contributed by atoms with Gasteiger partial charge in [-0.05, 0) is 79.1 Å². The number of hydrogen-bond donors (Lipinski definition) is 1. The van der Waals surface area contributed by atoms with Gasteiger partial charge in [-0.1, -0.05) is 35.3 Å². The van der Waals surface area contributed by atoms with Gasteiger partial charge in [-0.25, -0.2) is 4.98 Å². The number of fused-ring (bicyclic) bond motifs is 1. The molecule has 0 spiro atoms. The highest BCUT2D eigenvalue weighted by molar-refractivity contribution is 6.35.